The molecule has 20 heavy (non-hydrogen) atoms. The third kappa shape index (κ3) is 2.53. The molecule has 0 amide bonds. The van der Waals surface area contributed by atoms with E-state index in [0.717, 1.165) is 22.8 Å². The molecular weight excluding hydrogens is 279 g/mol. The van der Waals surface area contributed by atoms with Crippen molar-refractivity contribution in [3.05, 3.63) is 53.3 Å². The van der Waals surface area contributed by atoms with Gasteiger partial charge in [0, 0.05) is 16.8 Å². The van der Waals surface area contributed by atoms with Crippen molar-refractivity contribution in [2.45, 2.75) is 6.92 Å². The molecule has 3 rings (SSSR count). The number of benzene rings is 1. The number of aryl methyl sites for hydroxylation is 1. The summed E-state index contributed by atoms with van der Waals surface area (Å²) < 4.78 is 13.6. The Morgan fingerprint density at radius 2 is 2.00 bits per heavy atom. The minimum Gasteiger partial charge on any atom is -0.338 e. The third-order valence-electron chi connectivity index (χ3n) is 2.81. The van der Waals surface area contributed by atoms with E-state index in [1.54, 1.807) is 0 Å². The summed E-state index contributed by atoms with van der Waals surface area (Å²) in [5.41, 5.74) is 2.54. The number of rotatable bonds is 2. The van der Waals surface area contributed by atoms with Crippen LogP contribution in [0.2, 0.25) is 5.28 Å². The molecule has 1 N–H and O–H groups in total. The summed E-state index contributed by atoms with van der Waals surface area (Å²) in [6.07, 6.45) is 1.03. The Balaban J connectivity index is 1.98. The molecule has 0 unspecified atom stereocenters. The zero-order valence-corrected chi connectivity index (χ0v) is 11.3. The Labute approximate surface area is 119 Å². The zero-order chi connectivity index (χ0) is 14.1. The van der Waals surface area contributed by atoms with Crippen LogP contribution in [-0.2, 0) is 0 Å². The van der Waals surface area contributed by atoms with Gasteiger partial charge < -0.3 is 5.32 Å². The van der Waals surface area contributed by atoms with Gasteiger partial charge in [-0.05, 0) is 42.8 Å². The van der Waals surface area contributed by atoms with E-state index in [1.807, 2.05) is 37.3 Å². The molecule has 0 radical (unpaired) electrons. The van der Waals surface area contributed by atoms with Gasteiger partial charge in [0.2, 0.25) is 5.28 Å². The lowest BCUT2D eigenvalue weighted by atomic mass is 10.2. The first-order valence-electron chi connectivity index (χ1n) is 5.94. The highest BCUT2D eigenvalue weighted by Gasteiger charge is 2.06. The van der Waals surface area contributed by atoms with Gasteiger partial charge in [-0.3, -0.25) is 4.98 Å². The van der Waals surface area contributed by atoms with Crippen molar-refractivity contribution in [2.75, 3.05) is 5.32 Å². The van der Waals surface area contributed by atoms with Gasteiger partial charge >= 0.3 is 0 Å². The highest BCUT2D eigenvalue weighted by molar-refractivity contribution is 6.28. The maximum atomic E-state index is 13.6. The molecule has 0 saturated carbocycles. The maximum absolute atomic E-state index is 13.6. The highest BCUT2D eigenvalue weighted by Crippen LogP contribution is 2.22. The maximum Gasteiger partial charge on any atom is 0.224 e. The van der Waals surface area contributed by atoms with Crippen LogP contribution < -0.4 is 5.32 Å². The molecule has 1 aromatic carbocycles. The second kappa shape index (κ2) is 5.02. The summed E-state index contributed by atoms with van der Waals surface area (Å²) in [6, 6.07) is 9.44. The molecule has 0 aliphatic rings. The van der Waals surface area contributed by atoms with Crippen LogP contribution in [0.25, 0.3) is 10.9 Å². The van der Waals surface area contributed by atoms with Crippen LogP contribution in [0.4, 0.5) is 15.9 Å². The fourth-order valence-electron chi connectivity index (χ4n) is 1.88. The first-order chi connectivity index (χ1) is 9.61. The van der Waals surface area contributed by atoms with Gasteiger partial charge in [0.05, 0.1) is 11.7 Å². The molecule has 3 aromatic rings. The van der Waals surface area contributed by atoms with Gasteiger partial charge in [0.15, 0.2) is 11.6 Å². The quantitative estimate of drug-likeness (QED) is 0.727. The Morgan fingerprint density at radius 3 is 2.85 bits per heavy atom. The van der Waals surface area contributed by atoms with Crippen molar-refractivity contribution in [1.29, 1.82) is 0 Å². The summed E-state index contributed by atoms with van der Waals surface area (Å²) in [7, 11) is 0. The monoisotopic (exact) mass is 288 g/mol. The van der Waals surface area contributed by atoms with Crippen LogP contribution >= 0.6 is 11.6 Å². The van der Waals surface area contributed by atoms with Gasteiger partial charge in [-0.15, -0.1) is 0 Å². The first-order valence-corrected chi connectivity index (χ1v) is 6.32. The summed E-state index contributed by atoms with van der Waals surface area (Å²) in [6.45, 7) is 1.93. The van der Waals surface area contributed by atoms with E-state index in [1.165, 1.54) is 0 Å². The SMILES string of the molecule is Cc1ccc2cc(Nc3nc(Cl)ncc3F)ccc2n1. The summed E-state index contributed by atoms with van der Waals surface area (Å²) in [4.78, 5) is 11.8. The topological polar surface area (TPSA) is 50.7 Å². The molecule has 0 fully saturated rings. The summed E-state index contributed by atoms with van der Waals surface area (Å²) >= 11 is 5.66. The van der Waals surface area contributed by atoms with Crippen LogP contribution in [0.1, 0.15) is 5.69 Å². The molecule has 6 heteroatoms. The molecule has 0 spiro atoms. The Morgan fingerprint density at radius 1 is 1.15 bits per heavy atom. The van der Waals surface area contributed by atoms with Crippen molar-refractivity contribution in [1.82, 2.24) is 15.0 Å². The van der Waals surface area contributed by atoms with Gasteiger partial charge in [-0.25, -0.2) is 9.37 Å². The number of pyridine rings is 1. The van der Waals surface area contributed by atoms with E-state index >= 15 is 0 Å². The number of hydrogen-bond acceptors (Lipinski definition) is 4. The third-order valence-corrected chi connectivity index (χ3v) is 2.99. The largest absolute Gasteiger partial charge is 0.338 e. The van der Waals surface area contributed by atoms with Crippen molar-refractivity contribution < 1.29 is 4.39 Å². The number of nitrogens with zero attached hydrogens (tertiary/aromatic N) is 3. The zero-order valence-electron chi connectivity index (χ0n) is 10.6. The highest BCUT2D eigenvalue weighted by atomic mass is 35.5. The van der Waals surface area contributed by atoms with Crippen LogP contribution in [0.3, 0.4) is 0 Å². The van der Waals surface area contributed by atoms with E-state index in [2.05, 4.69) is 20.3 Å². The molecule has 0 aliphatic heterocycles. The fourth-order valence-corrected chi connectivity index (χ4v) is 2.01. The predicted molar refractivity (Wildman–Crippen MR) is 76.8 cm³/mol. The molecule has 2 aromatic heterocycles. The van der Waals surface area contributed by atoms with E-state index < -0.39 is 5.82 Å². The van der Waals surface area contributed by atoms with Crippen LogP contribution in [0.5, 0.6) is 0 Å². The number of anilines is 2. The van der Waals surface area contributed by atoms with Crippen molar-refractivity contribution in [2.24, 2.45) is 0 Å². The van der Waals surface area contributed by atoms with Crippen molar-refractivity contribution >= 4 is 34.0 Å². The number of nitrogens with one attached hydrogen (secondary N) is 1. The lowest BCUT2D eigenvalue weighted by Gasteiger charge is -2.07. The van der Waals surface area contributed by atoms with E-state index in [9.17, 15) is 4.39 Å². The molecule has 4 nitrogen and oxygen atoms in total. The molecule has 0 bridgehead atoms. The average Bonchev–Trinajstić information content (AvgIpc) is 2.43. The Kier molecular flexibility index (Phi) is 3.20. The van der Waals surface area contributed by atoms with Crippen LogP contribution in [0.15, 0.2) is 36.5 Å². The van der Waals surface area contributed by atoms with Crippen LogP contribution in [-0.4, -0.2) is 15.0 Å². The minimum absolute atomic E-state index is 0.00743. The van der Waals surface area contributed by atoms with Crippen LogP contribution in [0, 0.1) is 12.7 Å². The molecule has 0 saturated heterocycles. The van der Waals surface area contributed by atoms with E-state index in [0.29, 0.717) is 5.69 Å². The average molecular weight is 289 g/mol. The van der Waals surface area contributed by atoms with Crippen molar-refractivity contribution in [3.63, 3.8) is 0 Å². The standard InChI is InChI=1S/C14H10ClFN4/c1-8-2-3-9-6-10(4-5-12(9)18-8)19-13-11(16)7-17-14(15)20-13/h2-7H,1H3,(H,17,19,20). The van der Waals surface area contributed by atoms with Gasteiger partial charge in [0.1, 0.15) is 0 Å². The number of halogens is 2. The second-order valence-electron chi connectivity index (χ2n) is 4.32. The molecule has 0 atom stereocenters. The lowest BCUT2D eigenvalue weighted by molar-refractivity contribution is 0.619. The molecular formula is C14H10ClFN4. The van der Waals surface area contributed by atoms with Gasteiger partial charge in [-0.2, -0.15) is 4.98 Å². The molecule has 100 valence electrons. The fraction of sp³-hybridized carbons (Fsp3) is 0.0714. The predicted octanol–water partition coefficient (Wildman–Crippen LogP) is 3.87. The summed E-state index contributed by atoms with van der Waals surface area (Å²) in [5, 5.41) is 3.83. The smallest absolute Gasteiger partial charge is 0.224 e. The number of hydrogen-bond donors (Lipinski definition) is 1. The van der Waals surface area contributed by atoms with Crippen molar-refractivity contribution in [3.8, 4) is 0 Å². The Hall–Kier alpha value is -2.27. The van der Waals surface area contributed by atoms with E-state index in [-0.39, 0.29) is 11.1 Å². The number of aromatic nitrogens is 3. The normalized spacial score (nSPS) is 10.8. The van der Waals surface area contributed by atoms with Gasteiger partial charge in [0.25, 0.3) is 0 Å². The lowest BCUT2D eigenvalue weighted by Crippen LogP contribution is -1.99. The Bertz CT molecular complexity index is 791. The molecule has 0 aliphatic carbocycles. The van der Waals surface area contributed by atoms with E-state index in [4.69, 9.17) is 11.6 Å². The van der Waals surface area contributed by atoms with Gasteiger partial charge in [-0.1, -0.05) is 6.07 Å². The second-order valence-corrected chi connectivity index (χ2v) is 4.66. The molecule has 2 heterocycles. The first kappa shape index (κ1) is 12.7. The minimum atomic E-state index is -0.559. The summed E-state index contributed by atoms with van der Waals surface area (Å²) in [5.74, 6) is -0.513. The number of fused-ring (bicyclic) bond motifs is 1.